The molecule has 3 nitrogen and oxygen atoms in total. The summed E-state index contributed by atoms with van der Waals surface area (Å²) in [6.07, 6.45) is 0.974. The van der Waals surface area contributed by atoms with Crippen LogP contribution in [0.25, 0.3) is 0 Å². The van der Waals surface area contributed by atoms with Gasteiger partial charge in [0.05, 0.1) is 6.42 Å². The van der Waals surface area contributed by atoms with E-state index in [0.29, 0.717) is 5.92 Å². The molecule has 2 unspecified atom stereocenters. The minimum atomic E-state index is -0.764. The zero-order chi connectivity index (χ0) is 10.6. The molecule has 0 saturated carbocycles. The molecule has 0 aromatic carbocycles. The summed E-state index contributed by atoms with van der Waals surface area (Å²) in [4.78, 5) is 10.7. The molecule has 0 rings (SSSR count). The van der Waals surface area contributed by atoms with Crippen LogP contribution in [0.4, 0.5) is 0 Å². The Hall–Kier alpha value is -0.570. The summed E-state index contributed by atoms with van der Waals surface area (Å²) in [5, 5.41) is 8.79. The Morgan fingerprint density at radius 1 is 1.54 bits per heavy atom. The van der Waals surface area contributed by atoms with E-state index in [1.165, 1.54) is 0 Å². The lowest BCUT2D eigenvalue weighted by Crippen LogP contribution is -2.44. The van der Waals surface area contributed by atoms with Gasteiger partial charge in [0.15, 0.2) is 0 Å². The van der Waals surface area contributed by atoms with Crippen molar-refractivity contribution in [3.63, 3.8) is 0 Å². The molecule has 0 aromatic heterocycles. The maximum Gasteiger partial charge on any atom is 0.303 e. The van der Waals surface area contributed by atoms with Crippen molar-refractivity contribution < 1.29 is 9.90 Å². The van der Waals surface area contributed by atoms with Crippen LogP contribution in [0.2, 0.25) is 0 Å². The van der Waals surface area contributed by atoms with Crippen molar-refractivity contribution in [2.45, 2.75) is 46.6 Å². The highest BCUT2D eigenvalue weighted by atomic mass is 16.4. The quantitative estimate of drug-likeness (QED) is 0.690. The molecule has 3 heteroatoms. The zero-order valence-corrected chi connectivity index (χ0v) is 9.00. The Balaban J connectivity index is 4.61. The van der Waals surface area contributed by atoms with Crippen molar-refractivity contribution in [1.29, 1.82) is 0 Å². The molecule has 2 atom stereocenters. The number of aliphatic carboxylic acids is 1. The van der Waals surface area contributed by atoms with Gasteiger partial charge in [-0.1, -0.05) is 27.7 Å². The molecule has 0 spiro atoms. The lowest BCUT2D eigenvalue weighted by atomic mass is 9.70. The van der Waals surface area contributed by atoms with E-state index in [1.807, 2.05) is 27.7 Å². The first-order valence-electron chi connectivity index (χ1n) is 4.82. The summed E-state index contributed by atoms with van der Waals surface area (Å²) in [5.74, 6) is -0.473. The van der Waals surface area contributed by atoms with Crippen LogP contribution >= 0.6 is 0 Å². The minimum absolute atomic E-state index is 0.0383. The molecule has 3 N–H and O–H groups in total. The fraction of sp³-hybridized carbons (Fsp3) is 0.900. The van der Waals surface area contributed by atoms with E-state index in [4.69, 9.17) is 10.8 Å². The predicted molar refractivity (Wildman–Crippen MR) is 53.5 cm³/mol. The van der Waals surface area contributed by atoms with Gasteiger partial charge >= 0.3 is 5.97 Å². The largest absolute Gasteiger partial charge is 0.481 e. The fourth-order valence-electron chi connectivity index (χ4n) is 1.56. The van der Waals surface area contributed by atoms with E-state index >= 15 is 0 Å². The smallest absolute Gasteiger partial charge is 0.303 e. The molecule has 0 saturated heterocycles. The first kappa shape index (κ1) is 12.4. The molecule has 0 aliphatic heterocycles. The molecule has 0 fully saturated rings. The molecular weight excluding hydrogens is 166 g/mol. The van der Waals surface area contributed by atoms with E-state index in [0.717, 1.165) is 6.42 Å². The lowest BCUT2D eigenvalue weighted by molar-refractivity contribution is -0.140. The second-order valence-electron chi connectivity index (χ2n) is 4.25. The van der Waals surface area contributed by atoms with Crippen LogP contribution in [-0.2, 0) is 4.79 Å². The number of carboxylic acid groups (broad SMARTS) is 1. The van der Waals surface area contributed by atoms with Crippen LogP contribution in [0.5, 0.6) is 0 Å². The monoisotopic (exact) mass is 187 g/mol. The summed E-state index contributed by atoms with van der Waals surface area (Å²) >= 11 is 0. The number of carbonyl (C=O) groups is 1. The summed E-state index contributed by atoms with van der Waals surface area (Å²) in [5.41, 5.74) is 5.65. The van der Waals surface area contributed by atoms with Crippen molar-refractivity contribution >= 4 is 5.97 Å². The second kappa shape index (κ2) is 4.61. The van der Waals surface area contributed by atoms with Gasteiger partial charge in [0.2, 0.25) is 0 Å². The molecule has 0 heterocycles. The van der Waals surface area contributed by atoms with E-state index < -0.39 is 5.97 Å². The SMILES string of the molecule is CCC(N)C(C)(CC(=O)O)C(C)C. The van der Waals surface area contributed by atoms with Crippen LogP contribution in [0, 0.1) is 11.3 Å². The third kappa shape index (κ3) is 2.99. The second-order valence-corrected chi connectivity index (χ2v) is 4.25. The zero-order valence-electron chi connectivity index (χ0n) is 9.00. The standard InChI is InChI=1S/C10H21NO2/c1-5-8(11)10(4,7(2)3)6-9(12)13/h7-8H,5-6,11H2,1-4H3,(H,12,13). The molecule has 78 valence electrons. The molecule has 13 heavy (non-hydrogen) atoms. The number of hydrogen-bond donors (Lipinski definition) is 2. The van der Waals surface area contributed by atoms with Gasteiger partial charge in [-0.3, -0.25) is 4.79 Å². The molecule has 0 aromatic rings. The van der Waals surface area contributed by atoms with Crippen molar-refractivity contribution in [2.24, 2.45) is 17.1 Å². The summed E-state index contributed by atoms with van der Waals surface area (Å²) in [6.45, 7) is 8.00. The Morgan fingerprint density at radius 3 is 2.23 bits per heavy atom. The normalized spacial score (nSPS) is 18.3. The van der Waals surface area contributed by atoms with Gasteiger partial charge in [-0.05, 0) is 17.8 Å². The highest BCUT2D eigenvalue weighted by Crippen LogP contribution is 2.35. The number of nitrogens with two attached hydrogens (primary N) is 1. The Labute approximate surface area is 80.3 Å². The van der Waals surface area contributed by atoms with Gasteiger partial charge in [0.1, 0.15) is 0 Å². The minimum Gasteiger partial charge on any atom is -0.481 e. The van der Waals surface area contributed by atoms with Crippen LogP contribution in [0.15, 0.2) is 0 Å². The van der Waals surface area contributed by atoms with E-state index in [1.54, 1.807) is 0 Å². The van der Waals surface area contributed by atoms with Crippen LogP contribution in [0.3, 0.4) is 0 Å². The molecule has 0 aliphatic rings. The molecule has 0 bridgehead atoms. The van der Waals surface area contributed by atoms with Gasteiger partial charge in [-0.2, -0.15) is 0 Å². The molecular formula is C10H21NO2. The van der Waals surface area contributed by atoms with E-state index in [-0.39, 0.29) is 17.9 Å². The van der Waals surface area contributed by atoms with Gasteiger partial charge in [-0.15, -0.1) is 0 Å². The average Bonchev–Trinajstić information content (AvgIpc) is 2.01. The van der Waals surface area contributed by atoms with Crippen molar-refractivity contribution in [3.8, 4) is 0 Å². The lowest BCUT2D eigenvalue weighted by Gasteiger charge is -2.37. The number of rotatable bonds is 5. The fourth-order valence-corrected chi connectivity index (χ4v) is 1.56. The Morgan fingerprint density at radius 2 is 2.00 bits per heavy atom. The number of carboxylic acids is 1. The van der Waals surface area contributed by atoms with E-state index in [9.17, 15) is 4.79 Å². The third-order valence-corrected chi connectivity index (χ3v) is 3.14. The van der Waals surface area contributed by atoms with Gasteiger partial charge in [0, 0.05) is 6.04 Å². The third-order valence-electron chi connectivity index (χ3n) is 3.14. The van der Waals surface area contributed by atoms with Crippen molar-refractivity contribution in [1.82, 2.24) is 0 Å². The number of hydrogen-bond acceptors (Lipinski definition) is 2. The Kier molecular flexibility index (Phi) is 4.40. The van der Waals surface area contributed by atoms with Gasteiger partial charge < -0.3 is 10.8 Å². The van der Waals surface area contributed by atoms with Crippen LogP contribution < -0.4 is 5.73 Å². The first-order valence-corrected chi connectivity index (χ1v) is 4.82. The molecule has 0 aliphatic carbocycles. The topological polar surface area (TPSA) is 63.3 Å². The highest BCUT2D eigenvalue weighted by Gasteiger charge is 2.36. The van der Waals surface area contributed by atoms with E-state index in [2.05, 4.69) is 0 Å². The summed E-state index contributed by atoms with van der Waals surface area (Å²) < 4.78 is 0. The summed E-state index contributed by atoms with van der Waals surface area (Å²) in [7, 11) is 0. The Bertz CT molecular complexity index is 180. The summed E-state index contributed by atoms with van der Waals surface area (Å²) in [6, 6.07) is -0.0383. The highest BCUT2D eigenvalue weighted by molar-refractivity contribution is 5.67. The van der Waals surface area contributed by atoms with Crippen molar-refractivity contribution in [2.75, 3.05) is 0 Å². The maximum atomic E-state index is 10.7. The average molecular weight is 187 g/mol. The van der Waals surface area contributed by atoms with Gasteiger partial charge in [-0.25, -0.2) is 0 Å². The maximum absolute atomic E-state index is 10.7. The molecule has 0 radical (unpaired) electrons. The first-order chi connectivity index (χ1) is 5.84. The van der Waals surface area contributed by atoms with Gasteiger partial charge in [0.25, 0.3) is 0 Å². The predicted octanol–water partition coefficient (Wildman–Crippen LogP) is 1.86. The van der Waals surface area contributed by atoms with Crippen LogP contribution in [-0.4, -0.2) is 17.1 Å². The van der Waals surface area contributed by atoms with Crippen LogP contribution in [0.1, 0.15) is 40.5 Å². The molecule has 0 amide bonds. The van der Waals surface area contributed by atoms with Crippen molar-refractivity contribution in [3.05, 3.63) is 0 Å².